The van der Waals surface area contributed by atoms with E-state index >= 15 is 0 Å². The van der Waals surface area contributed by atoms with Crippen molar-refractivity contribution >= 4 is 24.0 Å². The van der Waals surface area contributed by atoms with Gasteiger partial charge in [0, 0.05) is 25.4 Å². The number of halogens is 1. The summed E-state index contributed by atoms with van der Waals surface area (Å²) in [5.41, 5.74) is 6.03. The van der Waals surface area contributed by atoms with Crippen LogP contribution in [0.3, 0.4) is 0 Å². The lowest BCUT2D eigenvalue weighted by Gasteiger charge is -2.13. The molecule has 0 unspecified atom stereocenters. The van der Waals surface area contributed by atoms with Gasteiger partial charge in [-0.15, -0.1) is 12.4 Å². The molecule has 2 heterocycles. The molecule has 0 saturated carbocycles. The van der Waals surface area contributed by atoms with Gasteiger partial charge in [0.05, 0.1) is 11.8 Å². The fraction of sp³-hybridized carbons (Fsp3) is 0.538. The number of carbonyl (C=O) groups excluding carboxylic acids is 1. The Morgan fingerprint density at radius 3 is 2.85 bits per heavy atom. The molecular formula is C13H20ClN3O3. The summed E-state index contributed by atoms with van der Waals surface area (Å²) in [6.45, 7) is 2.88. The first-order chi connectivity index (χ1) is 9.13. The largest absolute Gasteiger partial charge is 0.364 e. The van der Waals surface area contributed by atoms with Crippen LogP contribution in [0.4, 0.5) is 5.69 Å². The van der Waals surface area contributed by atoms with Crippen molar-refractivity contribution in [1.82, 2.24) is 4.57 Å². The van der Waals surface area contributed by atoms with E-state index in [1.807, 2.05) is 6.92 Å². The van der Waals surface area contributed by atoms with Crippen LogP contribution >= 0.6 is 12.4 Å². The lowest BCUT2D eigenvalue weighted by atomic mass is 10.2. The van der Waals surface area contributed by atoms with Crippen molar-refractivity contribution in [2.24, 2.45) is 5.73 Å². The molecule has 1 aromatic heterocycles. The number of nitrogens with one attached hydrogen (secondary N) is 1. The van der Waals surface area contributed by atoms with Crippen LogP contribution in [0.15, 0.2) is 23.1 Å². The second-order valence-corrected chi connectivity index (χ2v) is 4.59. The number of rotatable bonds is 4. The number of nitrogens with two attached hydrogens (primary N) is 1. The zero-order chi connectivity index (χ0) is 13.8. The minimum absolute atomic E-state index is 0. The van der Waals surface area contributed by atoms with Gasteiger partial charge in [0.1, 0.15) is 6.10 Å². The fourth-order valence-corrected chi connectivity index (χ4v) is 2.15. The number of aryl methyl sites for hydroxylation is 1. The van der Waals surface area contributed by atoms with Gasteiger partial charge in [-0.05, 0) is 25.8 Å². The summed E-state index contributed by atoms with van der Waals surface area (Å²) < 4.78 is 7.05. The Hall–Kier alpha value is -1.37. The van der Waals surface area contributed by atoms with Crippen molar-refractivity contribution in [1.29, 1.82) is 0 Å². The first-order valence-electron chi connectivity index (χ1n) is 6.51. The zero-order valence-corrected chi connectivity index (χ0v) is 12.2. The molecule has 3 N–H and O–H groups in total. The van der Waals surface area contributed by atoms with E-state index < -0.39 is 6.10 Å². The van der Waals surface area contributed by atoms with Crippen LogP contribution in [0.5, 0.6) is 0 Å². The molecule has 2 atom stereocenters. The molecule has 1 aromatic rings. The standard InChI is InChI=1S/C13H19N3O3.ClH/c1-2-16-8-9(3-6-12(16)17)15-13(18)11-5-4-10(7-14)19-11;/h3,6,8,10-11H,2,4-5,7,14H2,1H3,(H,15,18);1H/t10-,11+;/m1./s1. The van der Waals surface area contributed by atoms with Crippen molar-refractivity contribution in [2.75, 3.05) is 11.9 Å². The zero-order valence-electron chi connectivity index (χ0n) is 11.4. The Morgan fingerprint density at radius 2 is 2.25 bits per heavy atom. The lowest BCUT2D eigenvalue weighted by Crippen LogP contribution is -2.30. The highest BCUT2D eigenvalue weighted by Crippen LogP contribution is 2.20. The number of hydrogen-bond acceptors (Lipinski definition) is 4. The topological polar surface area (TPSA) is 86.3 Å². The third-order valence-corrected chi connectivity index (χ3v) is 3.25. The second kappa shape index (κ2) is 7.42. The molecule has 20 heavy (non-hydrogen) atoms. The van der Waals surface area contributed by atoms with Crippen molar-refractivity contribution < 1.29 is 9.53 Å². The van der Waals surface area contributed by atoms with Gasteiger partial charge in [-0.2, -0.15) is 0 Å². The Bertz CT molecular complexity index is 518. The maximum Gasteiger partial charge on any atom is 0.253 e. The average molecular weight is 302 g/mol. The van der Waals surface area contributed by atoms with E-state index in [1.54, 1.807) is 12.3 Å². The van der Waals surface area contributed by atoms with Crippen molar-refractivity contribution in [3.05, 3.63) is 28.7 Å². The molecule has 1 fully saturated rings. The van der Waals surface area contributed by atoms with E-state index in [-0.39, 0.29) is 30.0 Å². The Kier molecular flexibility index (Phi) is 6.19. The van der Waals surface area contributed by atoms with Gasteiger partial charge in [0.2, 0.25) is 0 Å². The molecular weight excluding hydrogens is 282 g/mol. The van der Waals surface area contributed by atoms with Crippen LogP contribution in [0.25, 0.3) is 0 Å². The lowest BCUT2D eigenvalue weighted by molar-refractivity contribution is -0.126. The van der Waals surface area contributed by atoms with Crippen LogP contribution in [0.1, 0.15) is 19.8 Å². The molecule has 112 valence electrons. The number of aromatic nitrogens is 1. The summed E-state index contributed by atoms with van der Waals surface area (Å²) in [7, 11) is 0. The van der Waals surface area contributed by atoms with Crippen molar-refractivity contribution in [2.45, 2.75) is 38.5 Å². The third kappa shape index (κ3) is 3.82. The number of ether oxygens (including phenoxy) is 1. The molecule has 1 aliphatic rings. The van der Waals surface area contributed by atoms with Gasteiger partial charge in [-0.1, -0.05) is 0 Å². The number of anilines is 1. The van der Waals surface area contributed by atoms with Gasteiger partial charge in [0.15, 0.2) is 0 Å². The van der Waals surface area contributed by atoms with Crippen molar-refractivity contribution in [3.63, 3.8) is 0 Å². The van der Waals surface area contributed by atoms with Crippen LogP contribution in [-0.2, 0) is 16.1 Å². The molecule has 6 nitrogen and oxygen atoms in total. The highest BCUT2D eigenvalue weighted by Gasteiger charge is 2.29. The minimum Gasteiger partial charge on any atom is -0.364 e. The maximum absolute atomic E-state index is 12.0. The van der Waals surface area contributed by atoms with Gasteiger partial charge < -0.3 is 20.4 Å². The molecule has 0 spiro atoms. The molecule has 0 bridgehead atoms. The van der Waals surface area contributed by atoms with Gasteiger partial charge in [-0.3, -0.25) is 9.59 Å². The second-order valence-electron chi connectivity index (χ2n) is 4.59. The Balaban J connectivity index is 0.00000200. The molecule has 0 radical (unpaired) electrons. The van der Waals surface area contributed by atoms with Gasteiger partial charge in [0.25, 0.3) is 11.5 Å². The molecule has 7 heteroatoms. The maximum atomic E-state index is 12.0. The summed E-state index contributed by atoms with van der Waals surface area (Å²) in [4.78, 5) is 23.4. The van der Waals surface area contributed by atoms with E-state index in [0.717, 1.165) is 6.42 Å². The third-order valence-electron chi connectivity index (χ3n) is 3.25. The first kappa shape index (κ1) is 16.7. The number of hydrogen-bond donors (Lipinski definition) is 2. The number of nitrogens with zero attached hydrogens (tertiary/aromatic N) is 1. The summed E-state index contributed by atoms with van der Waals surface area (Å²) in [6, 6.07) is 3.04. The molecule has 0 aliphatic carbocycles. The predicted molar refractivity (Wildman–Crippen MR) is 79.2 cm³/mol. The van der Waals surface area contributed by atoms with Crippen molar-refractivity contribution in [3.8, 4) is 0 Å². The van der Waals surface area contributed by atoms with E-state index in [0.29, 0.717) is 25.2 Å². The molecule has 2 rings (SSSR count). The highest BCUT2D eigenvalue weighted by atomic mass is 35.5. The summed E-state index contributed by atoms with van der Waals surface area (Å²) in [5.74, 6) is -0.183. The van der Waals surface area contributed by atoms with Crippen LogP contribution in [0.2, 0.25) is 0 Å². The molecule has 1 aliphatic heterocycles. The minimum atomic E-state index is -0.449. The Morgan fingerprint density at radius 1 is 1.50 bits per heavy atom. The summed E-state index contributed by atoms with van der Waals surface area (Å²) in [6.07, 6.45) is 2.65. The summed E-state index contributed by atoms with van der Waals surface area (Å²) >= 11 is 0. The van der Waals surface area contributed by atoms with Crippen LogP contribution < -0.4 is 16.6 Å². The highest BCUT2D eigenvalue weighted by molar-refractivity contribution is 5.94. The summed E-state index contributed by atoms with van der Waals surface area (Å²) in [5, 5.41) is 2.77. The van der Waals surface area contributed by atoms with E-state index in [1.165, 1.54) is 10.6 Å². The molecule has 1 saturated heterocycles. The smallest absolute Gasteiger partial charge is 0.253 e. The van der Waals surface area contributed by atoms with Gasteiger partial charge in [-0.25, -0.2) is 0 Å². The van der Waals surface area contributed by atoms with E-state index in [2.05, 4.69) is 5.32 Å². The molecule has 1 amide bonds. The number of amides is 1. The Labute approximate surface area is 123 Å². The molecule has 0 aromatic carbocycles. The van der Waals surface area contributed by atoms with E-state index in [4.69, 9.17) is 10.5 Å². The van der Waals surface area contributed by atoms with Crippen LogP contribution in [-0.4, -0.2) is 29.2 Å². The van der Waals surface area contributed by atoms with Crippen LogP contribution in [0, 0.1) is 0 Å². The fourth-order valence-electron chi connectivity index (χ4n) is 2.15. The quantitative estimate of drug-likeness (QED) is 0.858. The van der Waals surface area contributed by atoms with E-state index in [9.17, 15) is 9.59 Å². The first-order valence-corrected chi connectivity index (χ1v) is 6.51. The SMILES string of the molecule is CCn1cc(NC(=O)[C@@H]2CC[C@H](CN)O2)ccc1=O.Cl. The number of carbonyl (C=O) groups is 1. The average Bonchev–Trinajstić information content (AvgIpc) is 2.90. The monoisotopic (exact) mass is 301 g/mol. The number of pyridine rings is 1. The normalized spacial score (nSPS) is 21.3. The van der Waals surface area contributed by atoms with Gasteiger partial charge >= 0.3 is 0 Å². The predicted octanol–water partition coefficient (Wildman–Crippen LogP) is 0.735.